The van der Waals surface area contributed by atoms with Gasteiger partial charge in [-0.25, -0.2) is 0 Å². The molecule has 0 spiro atoms. The highest BCUT2D eigenvalue weighted by atomic mass is 32.2. The number of hydrogen-bond donors (Lipinski definition) is 0. The van der Waals surface area contributed by atoms with E-state index in [0.717, 1.165) is 23.0 Å². The van der Waals surface area contributed by atoms with Crippen molar-refractivity contribution in [2.45, 2.75) is 8.16 Å². The normalized spacial score (nSPS) is 25.7. The first-order chi connectivity index (χ1) is 12.7. The molecule has 0 bridgehead atoms. The number of methoxy groups -OCH3 is 2. The summed E-state index contributed by atoms with van der Waals surface area (Å²) in [5, 5.41) is 0. The van der Waals surface area contributed by atoms with Crippen molar-refractivity contribution in [3.8, 4) is 11.5 Å². The van der Waals surface area contributed by atoms with Gasteiger partial charge in [-0.15, -0.1) is 47.0 Å². The van der Waals surface area contributed by atoms with Crippen LogP contribution in [0.2, 0.25) is 0 Å². The number of benzene rings is 2. The SMILES string of the molecule is COc1ccc([C@]2(SC)SCCS[C@@]2(SC)c2ccc(OC)cc2)cc1. The van der Waals surface area contributed by atoms with Crippen LogP contribution in [0.25, 0.3) is 0 Å². The average Bonchev–Trinajstić information content (AvgIpc) is 2.73. The van der Waals surface area contributed by atoms with Crippen LogP contribution < -0.4 is 9.47 Å². The van der Waals surface area contributed by atoms with Crippen molar-refractivity contribution in [3.63, 3.8) is 0 Å². The molecule has 1 aliphatic rings. The molecule has 140 valence electrons. The third-order valence-electron chi connectivity index (χ3n) is 4.64. The van der Waals surface area contributed by atoms with E-state index in [-0.39, 0.29) is 8.16 Å². The van der Waals surface area contributed by atoms with Gasteiger partial charge >= 0.3 is 0 Å². The fourth-order valence-corrected chi connectivity index (χ4v) is 10.5. The van der Waals surface area contributed by atoms with Crippen LogP contribution >= 0.6 is 47.0 Å². The molecule has 0 radical (unpaired) electrons. The van der Waals surface area contributed by atoms with Crippen molar-refractivity contribution in [1.29, 1.82) is 0 Å². The summed E-state index contributed by atoms with van der Waals surface area (Å²) in [4.78, 5) is 0. The van der Waals surface area contributed by atoms with Crippen LogP contribution in [0, 0.1) is 0 Å². The van der Waals surface area contributed by atoms with Gasteiger partial charge in [-0.1, -0.05) is 24.3 Å². The second-order valence-corrected chi connectivity index (χ2v) is 11.0. The molecule has 2 nitrogen and oxygen atoms in total. The molecule has 6 heteroatoms. The first-order valence-electron chi connectivity index (χ1n) is 8.33. The molecule has 2 atom stereocenters. The monoisotopic (exact) mass is 424 g/mol. The first-order valence-corrected chi connectivity index (χ1v) is 12.7. The summed E-state index contributed by atoms with van der Waals surface area (Å²) >= 11 is 8.02. The van der Waals surface area contributed by atoms with Gasteiger partial charge in [0.05, 0.1) is 14.2 Å². The van der Waals surface area contributed by atoms with Gasteiger partial charge in [0.25, 0.3) is 0 Å². The topological polar surface area (TPSA) is 18.5 Å². The van der Waals surface area contributed by atoms with Crippen LogP contribution in [-0.2, 0) is 8.16 Å². The van der Waals surface area contributed by atoms with Crippen molar-refractivity contribution >= 4 is 47.0 Å². The maximum absolute atomic E-state index is 5.37. The minimum Gasteiger partial charge on any atom is -0.497 e. The van der Waals surface area contributed by atoms with Crippen LogP contribution in [0.3, 0.4) is 0 Å². The van der Waals surface area contributed by atoms with Gasteiger partial charge in [0.1, 0.15) is 19.7 Å². The van der Waals surface area contributed by atoms with E-state index in [0.29, 0.717) is 0 Å². The molecule has 1 heterocycles. The zero-order valence-corrected chi connectivity index (χ0v) is 18.7. The fraction of sp³-hybridized carbons (Fsp3) is 0.400. The Morgan fingerprint density at radius 1 is 0.692 bits per heavy atom. The van der Waals surface area contributed by atoms with Crippen molar-refractivity contribution in [2.24, 2.45) is 0 Å². The quantitative estimate of drug-likeness (QED) is 0.569. The standard InChI is InChI=1S/C20H24O2S4/c1-21-17-9-5-15(6-10-17)19(23-3)20(24-4,26-14-13-25-19)16-7-11-18(22-2)12-8-16/h5-12H,13-14H2,1-4H3/t19-,20-/m0/s1. The molecule has 2 aromatic rings. The molecule has 0 amide bonds. The maximum Gasteiger partial charge on any atom is 0.118 e. The van der Waals surface area contributed by atoms with E-state index in [1.807, 2.05) is 23.5 Å². The van der Waals surface area contributed by atoms with Crippen LogP contribution in [-0.4, -0.2) is 38.2 Å². The highest BCUT2D eigenvalue weighted by Crippen LogP contribution is 2.69. The largest absolute Gasteiger partial charge is 0.497 e. The number of hydrogen-bond acceptors (Lipinski definition) is 6. The lowest BCUT2D eigenvalue weighted by molar-refractivity contribution is 0.414. The van der Waals surface area contributed by atoms with Gasteiger partial charge in [-0.3, -0.25) is 0 Å². The Balaban J connectivity index is 2.14. The van der Waals surface area contributed by atoms with Crippen LogP contribution in [0.15, 0.2) is 48.5 Å². The molecule has 2 aromatic carbocycles. The van der Waals surface area contributed by atoms with Crippen LogP contribution in [0.5, 0.6) is 11.5 Å². The molecule has 26 heavy (non-hydrogen) atoms. The van der Waals surface area contributed by atoms with Crippen molar-refractivity contribution in [1.82, 2.24) is 0 Å². The summed E-state index contributed by atoms with van der Waals surface area (Å²) in [6, 6.07) is 17.2. The highest BCUT2D eigenvalue weighted by molar-refractivity contribution is 8.25. The summed E-state index contributed by atoms with van der Waals surface area (Å²) in [5.74, 6) is 4.10. The molecule has 0 unspecified atom stereocenters. The van der Waals surface area contributed by atoms with E-state index in [2.05, 4.69) is 84.6 Å². The second-order valence-electron chi connectivity index (χ2n) is 5.80. The Labute approximate surface area is 173 Å². The van der Waals surface area contributed by atoms with E-state index in [4.69, 9.17) is 9.47 Å². The van der Waals surface area contributed by atoms with Crippen molar-refractivity contribution < 1.29 is 9.47 Å². The predicted molar refractivity (Wildman–Crippen MR) is 121 cm³/mol. The van der Waals surface area contributed by atoms with Gasteiger partial charge in [0.15, 0.2) is 0 Å². The van der Waals surface area contributed by atoms with Gasteiger partial charge in [-0.2, -0.15) is 0 Å². The molecular formula is C20H24O2S4. The average molecular weight is 425 g/mol. The minimum absolute atomic E-state index is 0.0732. The fourth-order valence-electron chi connectivity index (χ4n) is 3.35. The first kappa shape index (κ1) is 20.2. The Kier molecular flexibility index (Phi) is 6.70. The molecule has 0 aliphatic carbocycles. The molecule has 1 aliphatic heterocycles. The zero-order chi connectivity index (χ0) is 18.6. The predicted octanol–water partition coefficient (Wildman–Crippen LogP) is 5.92. The Bertz CT molecular complexity index is 656. The third kappa shape index (κ3) is 3.34. The Hall–Kier alpha value is -0.560. The molecule has 0 saturated carbocycles. The van der Waals surface area contributed by atoms with Gasteiger partial charge in [0.2, 0.25) is 0 Å². The Morgan fingerprint density at radius 2 is 1.04 bits per heavy atom. The summed E-state index contributed by atoms with van der Waals surface area (Å²) < 4.78 is 10.6. The van der Waals surface area contributed by atoms with Gasteiger partial charge in [-0.05, 0) is 47.9 Å². The smallest absolute Gasteiger partial charge is 0.118 e. The van der Waals surface area contributed by atoms with E-state index < -0.39 is 0 Å². The summed E-state index contributed by atoms with van der Waals surface area (Å²) in [7, 11) is 3.43. The number of rotatable bonds is 6. The van der Waals surface area contributed by atoms with Gasteiger partial charge in [0, 0.05) is 11.5 Å². The zero-order valence-electron chi connectivity index (χ0n) is 15.5. The van der Waals surface area contributed by atoms with E-state index in [1.165, 1.54) is 11.1 Å². The van der Waals surface area contributed by atoms with E-state index in [9.17, 15) is 0 Å². The third-order valence-corrected chi connectivity index (χ3v) is 12.1. The van der Waals surface area contributed by atoms with Crippen molar-refractivity contribution in [2.75, 3.05) is 38.2 Å². The lowest BCUT2D eigenvalue weighted by Gasteiger charge is -2.51. The highest BCUT2D eigenvalue weighted by Gasteiger charge is 2.56. The Morgan fingerprint density at radius 3 is 1.31 bits per heavy atom. The van der Waals surface area contributed by atoms with Gasteiger partial charge < -0.3 is 9.47 Å². The molecule has 0 N–H and O–H groups in total. The number of thioether (sulfide) groups is 4. The maximum atomic E-state index is 5.37. The minimum atomic E-state index is -0.0732. The molecule has 0 aromatic heterocycles. The van der Waals surface area contributed by atoms with E-state index in [1.54, 1.807) is 14.2 Å². The van der Waals surface area contributed by atoms with Crippen LogP contribution in [0.4, 0.5) is 0 Å². The van der Waals surface area contributed by atoms with Crippen LogP contribution in [0.1, 0.15) is 11.1 Å². The summed E-state index contributed by atoms with van der Waals surface area (Å²) in [6.07, 6.45) is 4.47. The summed E-state index contributed by atoms with van der Waals surface area (Å²) in [6.45, 7) is 0. The lowest BCUT2D eigenvalue weighted by Crippen LogP contribution is -2.43. The van der Waals surface area contributed by atoms with Crippen molar-refractivity contribution in [3.05, 3.63) is 59.7 Å². The number of ether oxygens (including phenoxy) is 2. The molecule has 3 rings (SSSR count). The second kappa shape index (κ2) is 8.63. The molecule has 1 saturated heterocycles. The summed E-state index contributed by atoms with van der Waals surface area (Å²) in [5.41, 5.74) is 2.68. The molecular weight excluding hydrogens is 400 g/mol. The molecule has 1 fully saturated rings. The van der Waals surface area contributed by atoms with E-state index >= 15 is 0 Å². The lowest BCUT2D eigenvalue weighted by atomic mass is 10.0.